The largest absolute Gasteiger partial charge is 0.497 e. The molecule has 2 aromatic rings. The Labute approximate surface area is 161 Å². The van der Waals surface area contributed by atoms with Crippen molar-refractivity contribution in [1.29, 1.82) is 0 Å². The Morgan fingerprint density at radius 1 is 1.15 bits per heavy atom. The summed E-state index contributed by atoms with van der Waals surface area (Å²) in [4.78, 5) is 26.9. The molecule has 0 radical (unpaired) electrons. The van der Waals surface area contributed by atoms with Crippen LogP contribution in [0.15, 0.2) is 42.5 Å². The monoisotopic (exact) mass is 368 g/mol. The molecular formula is C22H28N2O3. The molecule has 0 spiro atoms. The van der Waals surface area contributed by atoms with Crippen molar-refractivity contribution in [3.8, 4) is 5.75 Å². The van der Waals surface area contributed by atoms with Crippen molar-refractivity contribution in [2.75, 3.05) is 14.2 Å². The van der Waals surface area contributed by atoms with Crippen LogP contribution in [0.5, 0.6) is 5.75 Å². The first kappa shape index (κ1) is 20.5. The zero-order chi connectivity index (χ0) is 20.0. The second-order valence-electron chi connectivity index (χ2n) is 6.77. The second-order valence-corrected chi connectivity index (χ2v) is 6.77. The highest BCUT2D eigenvalue weighted by Gasteiger charge is 2.26. The fourth-order valence-electron chi connectivity index (χ4n) is 3.01. The van der Waals surface area contributed by atoms with E-state index in [9.17, 15) is 9.59 Å². The number of aryl methyl sites for hydroxylation is 2. The van der Waals surface area contributed by atoms with Gasteiger partial charge in [0.1, 0.15) is 11.8 Å². The number of hydrogen-bond acceptors (Lipinski definition) is 3. The molecule has 144 valence electrons. The molecule has 1 atom stereocenters. The number of methoxy groups -OCH3 is 1. The van der Waals surface area contributed by atoms with Crippen LogP contribution < -0.4 is 10.1 Å². The van der Waals surface area contributed by atoms with Crippen molar-refractivity contribution < 1.29 is 14.3 Å². The van der Waals surface area contributed by atoms with E-state index in [2.05, 4.69) is 5.32 Å². The molecule has 2 aromatic carbocycles. The summed E-state index contributed by atoms with van der Waals surface area (Å²) < 4.78 is 5.27. The molecule has 5 nitrogen and oxygen atoms in total. The van der Waals surface area contributed by atoms with Crippen LogP contribution in [0.1, 0.15) is 29.2 Å². The Bertz CT molecular complexity index is 817. The van der Waals surface area contributed by atoms with Crippen molar-refractivity contribution in [2.45, 2.75) is 39.8 Å². The van der Waals surface area contributed by atoms with Gasteiger partial charge in [-0.25, -0.2) is 0 Å². The van der Waals surface area contributed by atoms with Gasteiger partial charge in [-0.05, 0) is 49.6 Å². The van der Waals surface area contributed by atoms with E-state index in [1.807, 2.05) is 56.3 Å². The fraction of sp³-hybridized carbons (Fsp3) is 0.364. The summed E-state index contributed by atoms with van der Waals surface area (Å²) >= 11 is 0. The molecule has 0 heterocycles. The first-order valence-corrected chi connectivity index (χ1v) is 9.05. The van der Waals surface area contributed by atoms with Gasteiger partial charge in [-0.3, -0.25) is 9.59 Å². The molecule has 0 aliphatic carbocycles. The van der Waals surface area contributed by atoms with E-state index in [1.54, 1.807) is 26.0 Å². The number of nitrogens with zero attached hydrogens (tertiary/aromatic N) is 1. The van der Waals surface area contributed by atoms with Crippen LogP contribution in [0, 0.1) is 13.8 Å². The Balaban J connectivity index is 2.29. The van der Waals surface area contributed by atoms with Crippen molar-refractivity contribution in [3.05, 3.63) is 64.7 Å². The number of benzene rings is 2. The van der Waals surface area contributed by atoms with Gasteiger partial charge in [0.2, 0.25) is 11.8 Å². The molecular weight excluding hydrogens is 340 g/mol. The van der Waals surface area contributed by atoms with E-state index in [0.29, 0.717) is 6.54 Å². The van der Waals surface area contributed by atoms with Gasteiger partial charge >= 0.3 is 0 Å². The van der Waals surface area contributed by atoms with E-state index >= 15 is 0 Å². The third-order valence-electron chi connectivity index (χ3n) is 4.75. The van der Waals surface area contributed by atoms with E-state index in [4.69, 9.17) is 4.74 Å². The molecule has 0 unspecified atom stereocenters. The van der Waals surface area contributed by atoms with Gasteiger partial charge in [-0.15, -0.1) is 0 Å². The third kappa shape index (κ3) is 5.33. The molecule has 0 aliphatic heterocycles. The first-order chi connectivity index (χ1) is 12.8. The van der Waals surface area contributed by atoms with Crippen LogP contribution in [0.3, 0.4) is 0 Å². The standard InChI is InChI=1S/C22H28N2O3/c1-15-9-10-16(2)19(11-15)13-21(25)24(17(3)22(26)23-4)14-18-7-6-8-20(12-18)27-5/h6-12,17H,13-14H2,1-5H3,(H,23,26)/t17-/m1/s1. The number of nitrogens with one attached hydrogen (secondary N) is 1. The van der Waals surface area contributed by atoms with Crippen molar-refractivity contribution in [1.82, 2.24) is 10.2 Å². The quantitative estimate of drug-likeness (QED) is 0.817. The number of likely N-dealkylation sites (N-methyl/N-ethyl adjacent to an activating group) is 1. The zero-order valence-corrected chi connectivity index (χ0v) is 16.7. The van der Waals surface area contributed by atoms with Crippen LogP contribution in [0.25, 0.3) is 0 Å². The minimum absolute atomic E-state index is 0.0809. The molecule has 2 amide bonds. The second kappa shape index (κ2) is 9.21. The van der Waals surface area contributed by atoms with E-state index in [1.165, 1.54) is 0 Å². The molecule has 0 aromatic heterocycles. The Hall–Kier alpha value is -2.82. The molecule has 5 heteroatoms. The van der Waals surface area contributed by atoms with Gasteiger partial charge in [0, 0.05) is 13.6 Å². The van der Waals surface area contributed by atoms with Gasteiger partial charge in [0.15, 0.2) is 0 Å². The summed E-state index contributed by atoms with van der Waals surface area (Å²) in [5.74, 6) is 0.455. The fourth-order valence-corrected chi connectivity index (χ4v) is 3.01. The van der Waals surface area contributed by atoms with Gasteiger partial charge in [-0.1, -0.05) is 35.9 Å². The lowest BCUT2D eigenvalue weighted by molar-refractivity contribution is -0.139. The average molecular weight is 368 g/mol. The average Bonchev–Trinajstić information content (AvgIpc) is 2.67. The predicted octanol–water partition coefficient (Wildman–Crippen LogP) is 3.02. The lowest BCUT2D eigenvalue weighted by atomic mass is 10.0. The van der Waals surface area contributed by atoms with Gasteiger partial charge in [0.05, 0.1) is 13.5 Å². The third-order valence-corrected chi connectivity index (χ3v) is 4.75. The molecule has 0 aliphatic rings. The smallest absolute Gasteiger partial charge is 0.242 e. The lowest BCUT2D eigenvalue weighted by Crippen LogP contribution is -2.47. The molecule has 2 rings (SSSR count). The summed E-state index contributed by atoms with van der Waals surface area (Å²) in [6.45, 7) is 6.10. The number of carbonyl (C=O) groups is 2. The molecule has 0 fully saturated rings. The summed E-state index contributed by atoms with van der Waals surface area (Å²) in [7, 11) is 3.19. The number of amides is 2. The maximum atomic E-state index is 13.1. The molecule has 0 saturated heterocycles. The molecule has 0 saturated carbocycles. The minimum atomic E-state index is -0.571. The Kier molecular flexibility index (Phi) is 6.99. The number of carbonyl (C=O) groups excluding carboxylic acids is 2. The van der Waals surface area contributed by atoms with Crippen molar-refractivity contribution >= 4 is 11.8 Å². The highest BCUT2D eigenvalue weighted by Crippen LogP contribution is 2.18. The first-order valence-electron chi connectivity index (χ1n) is 9.05. The van der Waals surface area contributed by atoms with Crippen LogP contribution >= 0.6 is 0 Å². The molecule has 27 heavy (non-hydrogen) atoms. The highest BCUT2D eigenvalue weighted by molar-refractivity contribution is 5.88. The summed E-state index contributed by atoms with van der Waals surface area (Å²) in [6, 6.07) is 13.1. The maximum Gasteiger partial charge on any atom is 0.242 e. The van der Waals surface area contributed by atoms with Gasteiger partial charge in [0.25, 0.3) is 0 Å². The van der Waals surface area contributed by atoms with Gasteiger partial charge in [-0.2, -0.15) is 0 Å². The lowest BCUT2D eigenvalue weighted by Gasteiger charge is -2.29. The SMILES string of the molecule is CNC(=O)[C@@H](C)N(Cc1cccc(OC)c1)C(=O)Cc1cc(C)ccc1C. The molecule has 1 N–H and O–H groups in total. The van der Waals surface area contributed by atoms with Crippen LogP contribution in [-0.2, 0) is 22.6 Å². The Morgan fingerprint density at radius 2 is 1.89 bits per heavy atom. The van der Waals surface area contributed by atoms with Crippen LogP contribution in [0.4, 0.5) is 0 Å². The van der Waals surface area contributed by atoms with E-state index in [-0.39, 0.29) is 18.2 Å². The number of rotatable bonds is 7. The normalized spacial score (nSPS) is 11.6. The number of ether oxygens (including phenoxy) is 1. The van der Waals surface area contributed by atoms with E-state index < -0.39 is 6.04 Å². The predicted molar refractivity (Wildman–Crippen MR) is 107 cm³/mol. The minimum Gasteiger partial charge on any atom is -0.497 e. The highest BCUT2D eigenvalue weighted by atomic mass is 16.5. The summed E-state index contributed by atoms with van der Waals surface area (Å²) in [5, 5.41) is 2.64. The topological polar surface area (TPSA) is 58.6 Å². The zero-order valence-electron chi connectivity index (χ0n) is 16.7. The van der Waals surface area contributed by atoms with Crippen LogP contribution in [-0.4, -0.2) is 36.9 Å². The molecule has 0 bridgehead atoms. The van der Waals surface area contributed by atoms with Gasteiger partial charge < -0.3 is 15.0 Å². The van der Waals surface area contributed by atoms with Crippen molar-refractivity contribution in [3.63, 3.8) is 0 Å². The summed E-state index contributed by atoms with van der Waals surface area (Å²) in [6.07, 6.45) is 0.263. The van der Waals surface area contributed by atoms with Crippen LogP contribution in [0.2, 0.25) is 0 Å². The maximum absolute atomic E-state index is 13.1. The number of hydrogen-bond donors (Lipinski definition) is 1. The van der Waals surface area contributed by atoms with Crippen molar-refractivity contribution in [2.24, 2.45) is 0 Å². The Morgan fingerprint density at radius 3 is 2.56 bits per heavy atom. The van der Waals surface area contributed by atoms with E-state index in [0.717, 1.165) is 28.0 Å². The summed E-state index contributed by atoms with van der Waals surface area (Å²) in [5.41, 5.74) is 4.09.